The highest BCUT2D eigenvalue weighted by molar-refractivity contribution is 6.31. The lowest BCUT2D eigenvalue weighted by Crippen LogP contribution is -2.29. The fourth-order valence-corrected chi connectivity index (χ4v) is 3.31. The van der Waals surface area contributed by atoms with Gasteiger partial charge in [-0.2, -0.15) is 10.1 Å². The fourth-order valence-electron chi connectivity index (χ4n) is 3.13. The molecule has 0 aliphatic carbocycles. The van der Waals surface area contributed by atoms with Gasteiger partial charge in [0.15, 0.2) is 0 Å². The average Bonchev–Trinajstić information content (AvgIpc) is 3.31. The van der Waals surface area contributed by atoms with E-state index in [-0.39, 0.29) is 0 Å². The molecule has 1 aliphatic rings. The fraction of sp³-hybridized carbons (Fsp3) is 0.211. The molecule has 3 aromatic rings. The number of nitrogens with one attached hydrogen (secondary N) is 1. The number of hydrogen-bond donors (Lipinski definition) is 1. The third-order valence-corrected chi connectivity index (χ3v) is 4.96. The topological polar surface area (TPSA) is 82.2 Å². The maximum atomic E-state index is 12.4. The largest absolute Gasteiger partial charge is 0.466 e. The Balaban J connectivity index is 1.81. The predicted octanol–water partition coefficient (Wildman–Crippen LogP) is 3.96. The molecule has 0 bridgehead atoms. The van der Waals surface area contributed by atoms with E-state index in [2.05, 4.69) is 15.4 Å². The first kappa shape index (κ1) is 17.4. The van der Waals surface area contributed by atoms with Crippen LogP contribution in [0.15, 0.2) is 52.3 Å². The number of nitrogens with zero attached hydrogens (tertiary/aromatic N) is 3. The molecular weight excluding hydrogens is 368 g/mol. The van der Waals surface area contributed by atoms with Crippen molar-refractivity contribution >= 4 is 23.5 Å². The van der Waals surface area contributed by atoms with Gasteiger partial charge in [0, 0.05) is 16.3 Å². The molecule has 8 heteroatoms. The van der Waals surface area contributed by atoms with Gasteiger partial charge in [0.1, 0.15) is 23.9 Å². The monoisotopic (exact) mass is 384 g/mol. The summed E-state index contributed by atoms with van der Waals surface area (Å²) in [5.41, 5.74) is 2.90. The van der Waals surface area contributed by atoms with E-state index in [0.717, 1.165) is 11.1 Å². The number of carbonyl (C=O) groups excluding carboxylic acids is 1. The third kappa shape index (κ3) is 2.90. The lowest BCUT2D eigenvalue weighted by Gasteiger charge is -2.26. The van der Waals surface area contributed by atoms with Crippen molar-refractivity contribution in [3.8, 4) is 11.3 Å². The van der Waals surface area contributed by atoms with E-state index in [4.69, 9.17) is 20.8 Å². The van der Waals surface area contributed by atoms with Crippen LogP contribution in [0, 0.1) is 6.92 Å². The third-order valence-electron chi connectivity index (χ3n) is 4.55. The molecule has 27 heavy (non-hydrogen) atoms. The molecule has 2 aromatic heterocycles. The van der Waals surface area contributed by atoms with Gasteiger partial charge in [-0.15, -0.1) is 0 Å². The molecule has 0 radical (unpaired) electrons. The van der Waals surface area contributed by atoms with Crippen molar-refractivity contribution in [1.29, 1.82) is 0 Å². The summed E-state index contributed by atoms with van der Waals surface area (Å²) in [7, 11) is 1.35. The van der Waals surface area contributed by atoms with Gasteiger partial charge in [0.2, 0.25) is 5.95 Å². The van der Waals surface area contributed by atoms with Gasteiger partial charge in [0.25, 0.3) is 0 Å². The van der Waals surface area contributed by atoms with Crippen LogP contribution < -0.4 is 5.32 Å². The smallest absolute Gasteiger partial charge is 0.338 e. The zero-order valence-electron chi connectivity index (χ0n) is 15.0. The Labute approximate surface area is 160 Å². The molecule has 0 amide bonds. The Morgan fingerprint density at radius 1 is 1.30 bits per heavy atom. The predicted molar refractivity (Wildman–Crippen MR) is 100 cm³/mol. The van der Waals surface area contributed by atoms with Gasteiger partial charge >= 0.3 is 5.97 Å². The second-order valence-electron chi connectivity index (χ2n) is 6.25. The van der Waals surface area contributed by atoms with Crippen LogP contribution in [-0.4, -0.2) is 27.8 Å². The number of methoxy groups -OCH3 is 1. The number of benzene rings is 1. The minimum absolute atomic E-state index is 0.415. The Morgan fingerprint density at radius 3 is 2.85 bits per heavy atom. The van der Waals surface area contributed by atoms with Crippen LogP contribution in [-0.2, 0) is 9.53 Å². The van der Waals surface area contributed by atoms with Crippen molar-refractivity contribution in [3.05, 3.63) is 64.3 Å². The van der Waals surface area contributed by atoms with E-state index >= 15 is 0 Å². The van der Waals surface area contributed by atoms with Crippen LogP contribution >= 0.6 is 11.6 Å². The second-order valence-corrected chi connectivity index (χ2v) is 6.66. The molecule has 0 unspecified atom stereocenters. The average molecular weight is 385 g/mol. The van der Waals surface area contributed by atoms with Gasteiger partial charge in [0.05, 0.1) is 12.7 Å². The van der Waals surface area contributed by atoms with Crippen molar-refractivity contribution < 1.29 is 13.9 Å². The molecule has 1 N–H and O–H groups in total. The van der Waals surface area contributed by atoms with Crippen molar-refractivity contribution in [2.75, 3.05) is 12.4 Å². The van der Waals surface area contributed by atoms with Crippen LogP contribution in [0.4, 0.5) is 5.95 Å². The van der Waals surface area contributed by atoms with E-state index in [1.54, 1.807) is 11.6 Å². The molecule has 138 valence electrons. The molecule has 1 atom stereocenters. The molecule has 1 aliphatic heterocycles. The number of rotatable bonds is 3. The summed E-state index contributed by atoms with van der Waals surface area (Å²) in [6.45, 7) is 3.73. The first-order valence-corrected chi connectivity index (χ1v) is 8.69. The normalized spacial score (nSPS) is 16.1. The SMILES string of the molecule is COC(=O)C1=C(C)Nc2ncnn2[C@@H]1c1ccc(-c2ccc(C)c(Cl)c2)o1. The van der Waals surface area contributed by atoms with Crippen LogP contribution in [0.2, 0.25) is 5.02 Å². The highest BCUT2D eigenvalue weighted by Crippen LogP contribution is 2.37. The summed E-state index contributed by atoms with van der Waals surface area (Å²) in [5.74, 6) is 1.27. The molecular formula is C19H17ClN4O3. The Morgan fingerprint density at radius 2 is 2.11 bits per heavy atom. The molecule has 0 saturated carbocycles. The number of carbonyl (C=O) groups is 1. The molecule has 3 heterocycles. The maximum absolute atomic E-state index is 12.4. The molecule has 4 rings (SSSR count). The molecule has 1 aromatic carbocycles. The number of anilines is 1. The van der Waals surface area contributed by atoms with Gasteiger partial charge in [-0.3, -0.25) is 0 Å². The lowest BCUT2D eigenvalue weighted by molar-refractivity contribution is -0.136. The summed E-state index contributed by atoms with van der Waals surface area (Å²) < 4.78 is 12.7. The quantitative estimate of drug-likeness (QED) is 0.688. The zero-order valence-corrected chi connectivity index (χ0v) is 15.7. The molecule has 0 saturated heterocycles. The highest BCUT2D eigenvalue weighted by Gasteiger charge is 2.36. The van der Waals surface area contributed by atoms with Crippen molar-refractivity contribution in [2.24, 2.45) is 0 Å². The number of aryl methyl sites for hydroxylation is 1. The minimum atomic E-state index is -0.578. The number of ether oxygens (including phenoxy) is 1. The van der Waals surface area contributed by atoms with E-state index < -0.39 is 12.0 Å². The highest BCUT2D eigenvalue weighted by atomic mass is 35.5. The van der Waals surface area contributed by atoms with E-state index in [1.807, 2.05) is 37.3 Å². The summed E-state index contributed by atoms with van der Waals surface area (Å²) in [6.07, 6.45) is 1.42. The number of furan rings is 1. The van der Waals surface area contributed by atoms with E-state index in [1.165, 1.54) is 13.4 Å². The number of aromatic nitrogens is 3. The Hall–Kier alpha value is -3.06. The Bertz CT molecular complexity index is 1070. The molecule has 0 fully saturated rings. The number of hydrogen-bond acceptors (Lipinski definition) is 6. The summed E-state index contributed by atoms with van der Waals surface area (Å²) >= 11 is 6.23. The maximum Gasteiger partial charge on any atom is 0.338 e. The van der Waals surface area contributed by atoms with Crippen LogP contribution in [0.1, 0.15) is 24.3 Å². The van der Waals surface area contributed by atoms with Gasteiger partial charge < -0.3 is 14.5 Å². The first-order chi connectivity index (χ1) is 13.0. The van der Waals surface area contributed by atoms with Gasteiger partial charge in [-0.1, -0.05) is 23.7 Å². The second kappa shape index (κ2) is 6.59. The van der Waals surface area contributed by atoms with Crippen molar-refractivity contribution in [1.82, 2.24) is 14.8 Å². The number of esters is 1. The molecule has 0 spiro atoms. The first-order valence-electron chi connectivity index (χ1n) is 8.31. The van der Waals surface area contributed by atoms with Crippen LogP contribution in [0.5, 0.6) is 0 Å². The number of fused-ring (bicyclic) bond motifs is 1. The standard InChI is InChI=1S/C19H17ClN4O3/c1-10-4-5-12(8-13(10)20)14-6-7-15(27-14)17-16(18(25)26-3)11(2)23-19-21-9-22-24(17)19/h4-9,17H,1-3H3,(H,21,22,23)/t17-/m1/s1. The summed E-state index contributed by atoms with van der Waals surface area (Å²) in [5, 5.41) is 7.97. The summed E-state index contributed by atoms with van der Waals surface area (Å²) in [4.78, 5) is 16.6. The Kier molecular flexibility index (Phi) is 4.24. The minimum Gasteiger partial charge on any atom is -0.466 e. The zero-order chi connectivity index (χ0) is 19.1. The number of halogens is 1. The van der Waals surface area contributed by atoms with E-state index in [9.17, 15) is 4.79 Å². The van der Waals surface area contributed by atoms with Gasteiger partial charge in [-0.25, -0.2) is 9.48 Å². The summed E-state index contributed by atoms with van der Waals surface area (Å²) in [6, 6.07) is 8.82. The van der Waals surface area contributed by atoms with Crippen LogP contribution in [0.3, 0.4) is 0 Å². The lowest BCUT2D eigenvalue weighted by atomic mass is 10.0. The van der Waals surface area contributed by atoms with Crippen molar-refractivity contribution in [2.45, 2.75) is 19.9 Å². The van der Waals surface area contributed by atoms with Crippen molar-refractivity contribution in [3.63, 3.8) is 0 Å². The van der Waals surface area contributed by atoms with E-state index in [0.29, 0.717) is 33.8 Å². The molecule has 7 nitrogen and oxygen atoms in total. The van der Waals surface area contributed by atoms with Gasteiger partial charge in [-0.05, 0) is 37.6 Å². The van der Waals surface area contributed by atoms with Crippen LogP contribution in [0.25, 0.3) is 11.3 Å². The number of allylic oxidation sites excluding steroid dienone is 1.